The molecule has 0 saturated carbocycles. The Morgan fingerprint density at radius 3 is 1.98 bits per heavy atom. The summed E-state index contributed by atoms with van der Waals surface area (Å²) >= 11 is 0. The maximum absolute atomic E-state index is 12.8. The van der Waals surface area contributed by atoms with E-state index < -0.39 is 0 Å². The quantitative estimate of drug-likeness (QED) is 0.209. The molecule has 2 aliphatic rings. The highest BCUT2D eigenvalue weighted by atomic mass is 16.1. The van der Waals surface area contributed by atoms with Crippen LogP contribution in [0.4, 0.5) is 0 Å². The zero-order chi connectivity index (χ0) is 33.4. The van der Waals surface area contributed by atoms with Crippen LogP contribution >= 0.6 is 0 Å². The van der Waals surface area contributed by atoms with Gasteiger partial charge in [0.1, 0.15) is 0 Å². The van der Waals surface area contributed by atoms with E-state index in [4.69, 9.17) is 0 Å². The molecule has 2 saturated heterocycles. The molecule has 0 aliphatic carbocycles. The van der Waals surface area contributed by atoms with Crippen LogP contribution in [-0.2, 0) is 0 Å². The number of likely N-dealkylation sites (tertiary alicyclic amines) is 1. The average molecular weight is 655 g/mol. The molecule has 11 nitrogen and oxygen atoms in total. The Morgan fingerprint density at radius 2 is 1.38 bits per heavy atom. The second-order valence-corrected chi connectivity index (χ2v) is 13.6. The number of hydrogen-bond donors (Lipinski definition) is 3. The van der Waals surface area contributed by atoms with Crippen molar-refractivity contribution in [1.82, 2.24) is 39.4 Å². The van der Waals surface area contributed by atoms with Crippen molar-refractivity contribution < 1.29 is 4.79 Å². The fraction of sp³-hybridized carbons (Fsp3) is 0.486. The SMILES string of the molecule is C.Cc1nc2cc(C3CC(C)CCN3)[nH]n2c(=O)c1C.Cc1nc2cc(C3CC(C)CCN3CC(=O)c3ccccc3)[nH]n2c(=O)c1C. The number of Topliss-reactive ketones (excluding diaryl/α,β-unsaturated/α-hetero) is 1. The molecule has 256 valence electrons. The van der Waals surface area contributed by atoms with Crippen LogP contribution < -0.4 is 16.4 Å². The molecule has 0 bridgehead atoms. The van der Waals surface area contributed by atoms with Crippen molar-refractivity contribution in [3.05, 3.63) is 103 Å². The zero-order valence-electron chi connectivity index (χ0n) is 28.3. The van der Waals surface area contributed by atoms with Gasteiger partial charge < -0.3 is 5.32 Å². The van der Waals surface area contributed by atoms with Crippen LogP contribution in [0.5, 0.6) is 0 Å². The number of piperidine rings is 2. The van der Waals surface area contributed by atoms with Crippen molar-refractivity contribution in [2.75, 3.05) is 19.6 Å². The smallest absolute Gasteiger partial charge is 0.275 e. The van der Waals surface area contributed by atoms with Crippen molar-refractivity contribution in [3.63, 3.8) is 0 Å². The van der Waals surface area contributed by atoms with Gasteiger partial charge in [-0.3, -0.25) is 29.5 Å². The third-order valence-corrected chi connectivity index (χ3v) is 10.0. The van der Waals surface area contributed by atoms with Gasteiger partial charge in [0.2, 0.25) is 0 Å². The number of aromatic amines is 2. The number of nitrogens with one attached hydrogen (secondary N) is 3. The fourth-order valence-electron chi connectivity index (χ4n) is 6.77. The molecule has 0 amide bonds. The fourth-order valence-corrected chi connectivity index (χ4v) is 6.77. The van der Waals surface area contributed by atoms with E-state index in [1.807, 2.05) is 63.2 Å². The summed E-state index contributed by atoms with van der Waals surface area (Å²) in [7, 11) is 0. The lowest BCUT2D eigenvalue weighted by atomic mass is 9.90. The van der Waals surface area contributed by atoms with Crippen molar-refractivity contribution in [1.29, 1.82) is 0 Å². The molecule has 5 aromatic rings. The topological polar surface area (TPSA) is 133 Å². The maximum atomic E-state index is 12.8. The van der Waals surface area contributed by atoms with Gasteiger partial charge in [-0.1, -0.05) is 51.6 Å². The monoisotopic (exact) mass is 654 g/mol. The predicted octanol–water partition coefficient (Wildman–Crippen LogP) is 5.63. The Labute approximate surface area is 281 Å². The molecule has 3 N–H and O–H groups in total. The molecule has 2 fully saturated rings. The van der Waals surface area contributed by atoms with Gasteiger partial charge in [0.05, 0.1) is 24.0 Å². The van der Waals surface area contributed by atoms with Crippen molar-refractivity contribution in [3.8, 4) is 0 Å². The van der Waals surface area contributed by atoms with Crippen LogP contribution in [0.15, 0.2) is 52.1 Å². The molecule has 0 radical (unpaired) electrons. The number of aryl methyl sites for hydroxylation is 2. The molecule has 4 unspecified atom stereocenters. The first kappa shape index (κ1) is 35.0. The lowest BCUT2D eigenvalue weighted by Gasteiger charge is -2.37. The third kappa shape index (κ3) is 7.07. The predicted molar refractivity (Wildman–Crippen MR) is 190 cm³/mol. The lowest BCUT2D eigenvalue weighted by molar-refractivity contribution is 0.0780. The van der Waals surface area contributed by atoms with Crippen molar-refractivity contribution in [2.45, 2.75) is 86.7 Å². The summed E-state index contributed by atoms with van der Waals surface area (Å²) in [4.78, 5) is 48.8. The van der Waals surface area contributed by atoms with E-state index in [0.717, 1.165) is 60.7 Å². The molecule has 7 rings (SSSR count). The first-order valence-electron chi connectivity index (χ1n) is 16.7. The number of carbonyl (C=O) groups is 1. The summed E-state index contributed by atoms with van der Waals surface area (Å²) in [6.07, 6.45) is 4.32. The number of fused-ring (bicyclic) bond motifs is 2. The number of hydrogen-bond acceptors (Lipinski definition) is 7. The van der Waals surface area contributed by atoms with Gasteiger partial charge in [0.15, 0.2) is 17.1 Å². The highest BCUT2D eigenvalue weighted by molar-refractivity contribution is 5.97. The van der Waals surface area contributed by atoms with Crippen molar-refractivity contribution >= 4 is 17.1 Å². The second kappa shape index (κ2) is 14.4. The Kier molecular flexibility index (Phi) is 10.5. The number of rotatable bonds is 5. The zero-order valence-corrected chi connectivity index (χ0v) is 28.3. The number of benzene rings is 1. The van der Waals surface area contributed by atoms with Gasteiger partial charge in [-0.2, -0.15) is 0 Å². The van der Waals surface area contributed by atoms with Gasteiger partial charge in [0, 0.05) is 46.3 Å². The molecule has 11 heteroatoms. The normalized spacial score (nSPS) is 21.5. The highest BCUT2D eigenvalue weighted by Crippen LogP contribution is 2.34. The van der Waals surface area contributed by atoms with E-state index in [1.165, 1.54) is 10.9 Å². The number of carbonyl (C=O) groups excluding carboxylic acids is 1. The largest absolute Gasteiger partial charge is 0.309 e. The van der Waals surface area contributed by atoms with E-state index >= 15 is 0 Å². The standard InChI is InChI=1S/C22H26N4O2.C14H20N4O.CH4/c1-14-9-10-25(13-20(27)17-7-5-4-6-8-17)19(11-14)18-12-21-23-16(3)15(2)22(28)26(21)24-18;1-8-4-5-15-11(6-8)12-7-13-16-10(3)9(2)14(19)18(13)17-12;/h4-8,12,14,19,24H,9-11,13H2,1-3H3;7-8,11,15,17H,4-6H2,1-3H3;1H4. The molecule has 0 spiro atoms. The van der Waals surface area contributed by atoms with Crippen LogP contribution in [0.2, 0.25) is 0 Å². The summed E-state index contributed by atoms with van der Waals surface area (Å²) in [5, 5.41) is 9.96. The first-order valence-corrected chi connectivity index (χ1v) is 16.7. The van der Waals surface area contributed by atoms with E-state index in [9.17, 15) is 14.4 Å². The number of aromatic nitrogens is 6. The molecular formula is C37H50N8O3. The molecule has 6 heterocycles. The molecule has 4 aromatic heterocycles. The number of H-pyrrole nitrogens is 2. The van der Waals surface area contributed by atoms with E-state index in [1.54, 1.807) is 11.4 Å². The van der Waals surface area contributed by atoms with Gasteiger partial charge in [-0.25, -0.2) is 19.0 Å². The van der Waals surface area contributed by atoms with Gasteiger partial charge in [-0.05, 0) is 78.3 Å². The van der Waals surface area contributed by atoms with E-state index in [-0.39, 0.29) is 30.4 Å². The maximum Gasteiger partial charge on any atom is 0.275 e. The Hall–Kier alpha value is -4.35. The van der Waals surface area contributed by atoms with Crippen LogP contribution in [-0.4, -0.2) is 59.5 Å². The van der Waals surface area contributed by atoms with Crippen LogP contribution in [0.3, 0.4) is 0 Å². The molecule has 2 aliphatic heterocycles. The summed E-state index contributed by atoms with van der Waals surface area (Å²) in [6, 6.07) is 13.7. The minimum atomic E-state index is -0.0653. The number of nitrogens with zero attached hydrogens (tertiary/aromatic N) is 5. The average Bonchev–Trinajstić information content (AvgIpc) is 3.69. The van der Waals surface area contributed by atoms with Gasteiger partial charge in [0.25, 0.3) is 11.1 Å². The Bertz CT molecular complexity index is 2020. The molecule has 1 aromatic carbocycles. The van der Waals surface area contributed by atoms with Crippen LogP contribution in [0, 0.1) is 39.5 Å². The summed E-state index contributed by atoms with van der Waals surface area (Å²) < 4.78 is 3.08. The van der Waals surface area contributed by atoms with Crippen LogP contribution in [0.1, 0.15) is 103 Å². The summed E-state index contributed by atoms with van der Waals surface area (Å²) in [6.45, 7) is 14.1. The minimum Gasteiger partial charge on any atom is -0.309 e. The van der Waals surface area contributed by atoms with Gasteiger partial charge >= 0.3 is 0 Å². The summed E-state index contributed by atoms with van der Waals surface area (Å²) in [5.41, 5.74) is 6.93. The highest BCUT2D eigenvalue weighted by Gasteiger charge is 2.31. The minimum absolute atomic E-state index is 0. The van der Waals surface area contributed by atoms with E-state index in [0.29, 0.717) is 46.8 Å². The van der Waals surface area contributed by atoms with Crippen molar-refractivity contribution in [2.24, 2.45) is 11.8 Å². The van der Waals surface area contributed by atoms with E-state index in [2.05, 4.69) is 44.2 Å². The Morgan fingerprint density at radius 1 is 0.812 bits per heavy atom. The Balaban J connectivity index is 0.000000197. The van der Waals surface area contributed by atoms with Gasteiger partial charge in [-0.15, -0.1) is 0 Å². The molecule has 4 atom stereocenters. The number of ketones is 1. The molecule has 48 heavy (non-hydrogen) atoms. The molecular weight excluding hydrogens is 604 g/mol. The first-order chi connectivity index (χ1) is 22.5. The second-order valence-electron chi connectivity index (χ2n) is 13.6. The lowest BCUT2D eigenvalue weighted by Crippen LogP contribution is -2.39. The van der Waals surface area contributed by atoms with Crippen LogP contribution in [0.25, 0.3) is 11.3 Å². The third-order valence-electron chi connectivity index (χ3n) is 10.0. The summed E-state index contributed by atoms with van der Waals surface area (Å²) in [5.74, 6) is 1.40.